The highest BCUT2D eigenvalue weighted by molar-refractivity contribution is 7.15. The first kappa shape index (κ1) is 18.0. The van der Waals surface area contributed by atoms with E-state index < -0.39 is 0 Å². The van der Waals surface area contributed by atoms with Gasteiger partial charge in [-0.1, -0.05) is 31.3 Å². The molecule has 0 bridgehead atoms. The SMILES string of the molecule is CCOCc1nnc(NC(=O)c2cccc(NC(=O)C(C)C)c2)s1. The fraction of sp³-hybridized carbons (Fsp3) is 0.375. The zero-order valence-electron chi connectivity index (χ0n) is 13.8. The number of nitrogens with one attached hydrogen (secondary N) is 2. The number of aromatic nitrogens is 2. The summed E-state index contributed by atoms with van der Waals surface area (Å²) < 4.78 is 5.25. The Morgan fingerprint density at radius 3 is 2.75 bits per heavy atom. The average molecular weight is 348 g/mol. The number of carbonyl (C=O) groups excluding carboxylic acids is 2. The van der Waals surface area contributed by atoms with Crippen LogP contribution in [0.4, 0.5) is 10.8 Å². The molecule has 1 aromatic heterocycles. The molecule has 0 aliphatic carbocycles. The van der Waals surface area contributed by atoms with Gasteiger partial charge in [0, 0.05) is 23.8 Å². The first-order valence-electron chi connectivity index (χ1n) is 7.62. The number of nitrogens with zero attached hydrogens (tertiary/aromatic N) is 2. The van der Waals surface area contributed by atoms with E-state index in [4.69, 9.17) is 4.74 Å². The lowest BCUT2D eigenvalue weighted by Crippen LogP contribution is -2.18. The van der Waals surface area contributed by atoms with E-state index in [1.165, 1.54) is 11.3 Å². The number of benzene rings is 1. The lowest BCUT2D eigenvalue weighted by atomic mass is 10.1. The molecule has 0 atom stereocenters. The number of rotatable bonds is 7. The molecule has 0 saturated carbocycles. The molecule has 0 spiro atoms. The van der Waals surface area contributed by atoms with Crippen molar-refractivity contribution in [3.63, 3.8) is 0 Å². The van der Waals surface area contributed by atoms with Gasteiger partial charge in [-0.15, -0.1) is 10.2 Å². The second-order valence-corrected chi connectivity index (χ2v) is 6.38. The predicted molar refractivity (Wildman–Crippen MR) is 93.1 cm³/mol. The van der Waals surface area contributed by atoms with Crippen LogP contribution in [-0.2, 0) is 16.1 Å². The van der Waals surface area contributed by atoms with Crippen LogP contribution in [0.5, 0.6) is 0 Å². The summed E-state index contributed by atoms with van der Waals surface area (Å²) in [6.07, 6.45) is 0. The van der Waals surface area contributed by atoms with Crippen molar-refractivity contribution in [3.05, 3.63) is 34.8 Å². The third-order valence-electron chi connectivity index (χ3n) is 3.03. The van der Waals surface area contributed by atoms with Gasteiger partial charge in [-0.3, -0.25) is 14.9 Å². The van der Waals surface area contributed by atoms with Gasteiger partial charge in [0.05, 0.1) is 0 Å². The van der Waals surface area contributed by atoms with Gasteiger partial charge in [-0.25, -0.2) is 0 Å². The molecular weight excluding hydrogens is 328 g/mol. The van der Waals surface area contributed by atoms with Crippen molar-refractivity contribution in [2.24, 2.45) is 5.92 Å². The number of anilines is 2. The van der Waals surface area contributed by atoms with Gasteiger partial charge < -0.3 is 10.1 Å². The van der Waals surface area contributed by atoms with E-state index in [-0.39, 0.29) is 17.7 Å². The van der Waals surface area contributed by atoms with Crippen LogP contribution in [0.25, 0.3) is 0 Å². The van der Waals surface area contributed by atoms with Crippen LogP contribution in [-0.4, -0.2) is 28.6 Å². The van der Waals surface area contributed by atoms with E-state index in [1.807, 2.05) is 6.92 Å². The van der Waals surface area contributed by atoms with E-state index in [0.29, 0.717) is 34.6 Å². The number of hydrogen-bond acceptors (Lipinski definition) is 6. The van der Waals surface area contributed by atoms with Gasteiger partial charge in [0.15, 0.2) is 0 Å². The zero-order valence-corrected chi connectivity index (χ0v) is 14.6. The molecule has 128 valence electrons. The highest BCUT2D eigenvalue weighted by atomic mass is 32.1. The summed E-state index contributed by atoms with van der Waals surface area (Å²) in [5.41, 5.74) is 1.01. The molecule has 0 aliphatic heterocycles. The molecule has 0 fully saturated rings. The lowest BCUT2D eigenvalue weighted by molar-refractivity contribution is -0.118. The Labute approximate surface area is 144 Å². The van der Waals surface area contributed by atoms with Gasteiger partial charge >= 0.3 is 0 Å². The van der Waals surface area contributed by atoms with Crippen molar-refractivity contribution in [1.29, 1.82) is 0 Å². The molecule has 0 radical (unpaired) electrons. The number of hydrogen-bond donors (Lipinski definition) is 2. The quantitative estimate of drug-likeness (QED) is 0.802. The van der Waals surface area contributed by atoms with Crippen molar-refractivity contribution in [3.8, 4) is 0 Å². The molecule has 2 amide bonds. The lowest BCUT2D eigenvalue weighted by Gasteiger charge is -2.09. The fourth-order valence-electron chi connectivity index (χ4n) is 1.75. The summed E-state index contributed by atoms with van der Waals surface area (Å²) in [5, 5.41) is 14.4. The Kier molecular flexibility index (Phi) is 6.39. The second kappa shape index (κ2) is 8.51. The number of ether oxygens (including phenoxy) is 1. The van der Waals surface area contributed by atoms with E-state index in [0.717, 1.165) is 0 Å². The van der Waals surface area contributed by atoms with E-state index in [1.54, 1.807) is 38.1 Å². The minimum absolute atomic E-state index is 0.0998. The summed E-state index contributed by atoms with van der Waals surface area (Å²) in [6, 6.07) is 6.74. The van der Waals surface area contributed by atoms with Crippen LogP contribution in [0, 0.1) is 5.92 Å². The molecular formula is C16H20N4O3S. The van der Waals surface area contributed by atoms with Crippen molar-refractivity contribution in [2.45, 2.75) is 27.4 Å². The average Bonchev–Trinajstić information content (AvgIpc) is 3.00. The van der Waals surface area contributed by atoms with Gasteiger partial charge in [0.1, 0.15) is 11.6 Å². The van der Waals surface area contributed by atoms with Crippen molar-refractivity contribution < 1.29 is 14.3 Å². The molecule has 1 aromatic carbocycles. The maximum atomic E-state index is 12.3. The maximum absolute atomic E-state index is 12.3. The fourth-order valence-corrected chi connectivity index (χ4v) is 2.42. The van der Waals surface area contributed by atoms with Crippen LogP contribution in [0.2, 0.25) is 0 Å². The van der Waals surface area contributed by atoms with Gasteiger partial charge in [0.2, 0.25) is 11.0 Å². The summed E-state index contributed by atoms with van der Waals surface area (Å²) in [4.78, 5) is 24.0. The molecule has 0 aliphatic rings. The summed E-state index contributed by atoms with van der Waals surface area (Å²) in [5.74, 6) is -0.542. The highest BCUT2D eigenvalue weighted by Crippen LogP contribution is 2.18. The van der Waals surface area contributed by atoms with Crippen LogP contribution >= 0.6 is 11.3 Å². The molecule has 8 heteroatoms. The van der Waals surface area contributed by atoms with Crippen molar-refractivity contribution in [1.82, 2.24) is 10.2 Å². The molecule has 7 nitrogen and oxygen atoms in total. The van der Waals surface area contributed by atoms with Gasteiger partial charge in [-0.05, 0) is 25.1 Å². The van der Waals surface area contributed by atoms with Crippen molar-refractivity contribution >= 4 is 34.0 Å². The topological polar surface area (TPSA) is 93.2 Å². The first-order chi connectivity index (χ1) is 11.5. The smallest absolute Gasteiger partial charge is 0.257 e. The molecule has 0 saturated heterocycles. The molecule has 24 heavy (non-hydrogen) atoms. The minimum Gasteiger partial charge on any atom is -0.374 e. The Hall–Kier alpha value is -2.32. The van der Waals surface area contributed by atoms with Crippen molar-refractivity contribution in [2.75, 3.05) is 17.2 Å². The highest BCUT2D eigenvalue weighted by Gasteiger charge is 2.12. The predicted octanol–water partition coefficient (Wildman–Crippen LogP) is 2.92. The number of carbonyl (C=O) groups is 2. The van der Waals surface area contributed by atoms with Crippen LogP contribution in [0.1, 0.15) is 36.1 Å². The molecule has 2 N–H and O–H groups in total. The Morgan fingerprint density at radius 2 is 2.04 bits per heavy atom. The largest absolute Gasteiger partial charge is 0.374 e. The third kappa shape index (κ3) is 5.10. The normalized spacial score (nSPS) is 10.7. The minimum atomic E-state index is -0.310. The molecule has 1 heterocycles. The monoisotopic (exact) mass is 348 g/mol. The van der Waals surface area contributed by atoms with Gasteiger partial charge in [0.25, 0.3) is 5.91 Å². The first-order valence-corrected chi connectivity index (χ1v) is 8.43. The second-order valence-electron chi connectivity index (χ2n) is 5.32. The number of amides is 2. The van der Waals surface area contributed by atoms with E-state index >= 15 is 0 Å². The molecule has 0 unspecified atom stereocenters. The summed E-state index contributed by atoms with van der Waals surface area (Å²) in [7, 11) is 0. The Morgan fingerprint density at radius 1 is 1.25 bits per heavy atom. The summed E-state index contributed by atoms with van der Waals surface area (Å²) >= 11 is 1.27. The molecule has 2 rings (SSSR count). The van der Waals surface area contributed by atoms with Crippen LogP contribution in [0.3, 0.4) is 0 Å². The van der Waals surface area contributed by atoms with Gasteiger partial charge in [-0.2, -0.15) is 0 Å². The van der Waals surface area contributed by atoms with Crippen LogP contribution < -0.4 is 10.6 Å². The standard InChI is InChI=1S/C16H20N4O3S/c1-4-23-9-13-19-20-16(24-13)18-15(22)11-6-5-7-12(8-11)17-14(21)10(2)3/h5-8,10H,4,9H2,1-3H3,(H,17,21)(H,18,20,22). The molecule has 2 aromatic rings. The third-order valence-corrected chi connectivity index (χ3v) is 3.85. The maximum Gasteiger partial charge on any atom is 0.257 e. The van der Waals surface area contributed by atoms with E-state index in [9.17, 15) is 9.59 Å². The Balaban J connectivity index is 2.01. The zero-order chi connectivity index (χ0) is 17.5. The van der Waals surface area contributed by atoms with Crippen LogP contribution in [0.15, 0.2) is 24.3 Å². The van der Waals surface area contributed by atoms with E-state index in [2.05, 4.69) is 20.8 Å². The summed E-state index contributed by atoms with van der Waals surface area (Å²) in [6.45, 7) is 6.48. The Bertz CT molecular complexity index is 715.